The Balaban J connectivity index is 1.42. The molecule has 9 nitrogen and oxygen atoms in total. The molecule has 0 saturated carbocycles. The van der Waals surface area contributed by atoms with E-state index in [2.05, 4.69) is 10.6 Å². The van der Waals surface area contributed by atoms with Gasteiger partial charge in [-0.3, -0.25) is 14.4 Å². The van der Waals surface area contributed by atoms with Crippen molar-refractivity contribution in [2.75, 3.05) is 30.4 Å². The molecule has 3 N–H and O–H groups in total. The zero-order chi connectivity index (χ0) is 28.4. The minimum Gasteiger partial charge on any atom is -0.494 e. The lowest BCUT2D eigenvalue weighted by Crippen LogP contribution is -2.53. The molecule has 0 radical (unpaired) electrons. The molecule has 214 valence electrons. The third kappa shape index (κ3) is 4.97. The number of anilines is 2. The van der Waals surface area contributed by atoms with Crippen LogP contribution in [0, 0.1) is 25.7 Å². The lowest BCUT2D eigenvalue weighted by molar-refractivity contribution is -0.139. The van der Waals surface area contributed by atoms with E-state index in [0.717, 1.165) is 23.2 Å². The maximum absolute atomic E-state index is 14.0. The van der Waals surface area contributed by atoms with Crippen molar-refractivity contribution in [2.24, 2.45) is 11.8 Å². The summed E-state index contributed by atoms with van der Waals surface area (Å²) in [4.78, 5) is 43.3. The highest BCUT2D eigenvalue weighted by atomic mass is 16.5. The fraction of sp³-hybridized carbons (Fsp3) is 0.516. The minimum atomic E-state index is -1.06. The average molecular weight is 550 g/mol. The number of para-hydroxylation sites is 1. The molecular weight excluding hydrogens is 510 g/mol. The van der Waals surface area contributed by atoms with Gasteiger partial charge in [0.15, 0.2) is 0 Å². The number of ether oxygens (including phenoxy) is 2. The Morgan fingerprint density at radius 1 is 1.05 bits per heavy atom. The molecule has 3 saturated heterocycles. The highest BCUT2D eigenvalue weighted by Gasteiger charge is 2.74. The SMILES string of the molecule is CCOc1ccc(NC(=O)[C@@H]2[C@H]3C(=O)N(CCCCCO)C(C(=O)Nc4c(C)cccc4C)C34CC[C@H]2O4)cc1. The van der Waals surface area contributed by atoms with Gasteiger partial charge in [-0.25, -0.2) is 0 Å². The van der Waals surface area contributed by atoms with Crippen molar-refractivity contribution in [2.45, 2.75) is 70.6 Å². The summed E-state index contributed by atoms with van der Waals surface area (Å²) in [5.41, 5.74) is 2.16. The monoisotopic (exact) mass is 549 g/mol. The molecule has 40 heavy (non-hydrogen) atoms. The second-order valence-electron chi connectivity index (χ2n) is 11.1. The van der Waals surface area contributed by atoms with Gasteiger partial charge in [-0.2, -0.15) is 0 Å². The van der Waals surface area contributed by atoms with Gasteiger partial charge in [0, 0.05) is 24.5 Å². The van der Waals surface area contributed by atoms with E-state index < -0.39 is 29.6 Å². The van der Waals surface area contributed by atoms with Crippen molar-refractivity contribution in [3.8, 4) is 5.75 Å². The van der Waals surface area contributed by atoms with Crippen molar-refractivity contribution in [1.82, 2.24) is 4.90 Å². The van der Waals surface area contributed by atoms with Crippen LogP contribution in [-0.2, 0) is 19.1 Å². The molecule has 3 heterocycles. The summed E-state index contributed by atoms with van der Waals surface area (Å²) in [6, 6.07) is 12.1. The van der Waals surface area contributed by atoms with Crippen LogP contribution in [0.4, 0.5) is 11.4 Å². The van der Waals surface area contributed by atoms with Gasteiger partial charge in [-0.1, -0.05) is 18.2 Å². The van der Waals surface area contributed by atoms with E-state index in [1.807, 2.05) is 39.0 Å². The van der Waals surface area contributed by atoms with E-state index in [1.165, 1.54) is 0 Å². The van der Waals surface area contributed by atoms with E-state index in [4.69, 9.17) is 9.47 Å². The van der Waals surface area contributed by atoms with Gasteiger partial charge in [-0.15, -0.1) is 0 Å². The van der Waals surface area contributed by atoms with Crippen LogP contribution >= 0.6 is 0 Å². The van der Waals surface area contributed by atoms with Gasteiger partial charge in [0.2, 0.25) is 17.7 Å². The van der Waals surface area contributed by atoms with Crippen LogP contribution in [-0.4, -0.2) is 65.2 Å². The van der Waals surface area contributed by atoms with Crippen LogP contribution < -0.4 is 15.4 Å². The number of nitrogens with one attached hydrogen (secondary N) is 2. The molecule has 5 atom stereocenters. The summed E-state index contributed by atoms with van der Waals surface area (Å²) in [5.74, 6) is -1.48. The Morgan fingerprint density at radius 2 is 1.77 bits per heavy atom. The predicted molar refractivity (Wildman–Crippen MR) is 151 cm³/mol. The van der Waals surface area contributed by atoms with Crippen LogP contribution in [0.2, 0.25) is 0 Å². The number of carbonyl (C=O) groups is 3. The number of aliphatic hydroxyl groups excluding tert-OH is 1. The first kappa shape index (κ1) is 28.1. The summed E-state index contributed by atoms with van der Waals surface area (Å²) < 4.78 is 12.0. The number of unbranched alkanes of at least 4 members (excludes halogenated alkanes) is 2. The molecule has 3 aliphatic heterocycles. The van der Waals surface area contributed by atoms with Gasteiger partial charge < -0.3 is 30.1 Å². The largest absolute Gasteiger partial charge is 0.494 e. The molecule has 1 spiro atoms. The molecule has 2 aromatic rings. The van der Waals surface area contributed by atoms with E-state index in [-0.39, 0.29) is 24.3 Å². The lowest BCUT2D eigenvalue weighted by Gasteiger charge is -2.33. The molecule has 2 unspecified atom stereocenters. The van der Waals surface area contributed by atoms with Gasteiger partial charge in [0.25, 0.3) is 0 Å². The molecule has 3 fully saturated rings. The number of aryl methyl sites for hydroxylation is 2. The molecular formula is C31H39N3O6. The Bertz CT molecular complexity index is 1240. The van der Waals surface area contributed by atoms with Gasteiger partial charge in [0.05, 0.1) is 24.5 Å². The molecule has 2 bridgehead atoms. The van der Waals surface area contributed by atoms with Gasteiger partial charge in [0.1, 0.15) is 17.4 Å². The Morgan fingerprint density at radius 3 is 2.45 bits per heavy atom. The highest BCUT2D eigenvalue weighted by Crippen LogP contribution is 2.58. The first-order chi connectivity index (χ1) is 19.3. The summed E-state index contributed by atoms with van der Waals surface area (Å²) in [7, 11) is 0. The summed E-state index contributed by atoms with van der Waals surface area (Å²) in [6.45, 7) is 6.78. The average Bonchev–Trinajstić information content (AvgIpc) is 3.57. The number of nitrogens with zero attached hydrogens (tertiary/aromatic N) is 1. The fourth-order valence-electron chi connectivity index (χ4n) is 6.79. The second-order valence-corrected chi connectivity index (χ2v) is 11.1. The molecule has 0 aromatic heterocycles. The standard InChI is InChI=1S/C31H39N3O6/c1-4-39-22-13-11-21(12-14-22)32-28(36)24-23-15-16-31(40-23)25(24)30(38)34(17-6-5-7-18-35)27(31)29(37)33-26-19(2)9-8-10-20(26)3/h8-14,23-25,27,35H,4-7,15-18H2,1-3H3,(H,32,36)(H,33,37)/t23-,24+,25+,27?,31?/m1/s1. The summed E-state index contributed by atoms with van der Waals surface area (Å²) >= 11 is 0. The Labute approximate surface area is 235 Å². The van der Waals surface area contributed by atoms with Crippen molar-refractivity contribution in [3.63, 3.8) is 0 Å². The topological polar surface area (TPSA) is 117 Å². The van der Waals surface area contributed by atoms with Crippen molar-refractivity contribution < 1.29 is 29.0 Å². The maximum Gasteiger partial charge on any atom is 0.250 e. The lowest BCUT2D eigenvalue weighted by atomic mass is 9.70. The van der Waals surface area contributed by atoms with Crippen molar-refractivity contribution in [3.05, 3.63) is 53.6 Å². The number of hydrogen-bond donors (Lipinski definition) is 3. The number of benzene rings is 2. The van der Waals surface area contributed by atoms with Crippen LogP contribution in [0.1, 0.15) is 50.2 Å². The molecule has 5 rings (SSSR count). The molecule has 2 aromatic carbocycles. The Hall–Kier alpha value is -3.43. The Kier molecular flexibility index (Phi) is 8.14. The van der Waals surface area contributed by atoms with E-state index in [0.29, 0.717) is 50.3 Å². The number of amides is 3. The highest BCUT2D eigenvalue weighted by molar-refractivity contribution is 6.05. The third-order valence-electron chi connectivity index (χ3n) is 8.57. The fourth-order valence-corrected chi connectivity index (χ4v) is 6.79. The second kappa shape index (κ2) is 11.6. The number of likely N-dealkylation sites (tertiary alicyclic amines) is 1. The number of fused-ring (bicyclic) bond motifs is 1. The summed E-state index contributed by atoms with van der Waals surface area (Å²) in [6.07, 6.45) is 2.73. The number of carbonyl (C=O) groups excluding carboxylic acids is 3. The first-order valence-corrected chi connectivity index (χ1v) is 14.3. The zero-order valence-corrected chi connectivity index (χ0v) is 23.4. The van der Waals surface area contributed by atoms with E-state index in [1.54, 1.807) is 29.2 Å². The predicted octanol–water partition coefficient (Wildman–Crippen LogP) is 3.82. The van der Waals surface area contributed by atoms with Crippen LogP contribution in [0.5, 0.6) is 5.75 Å². The number of hydrogen-bond acceptors (Lipinski definition) is 6. The van der Waals surface area contributed by atoms with Crippen LogP contribution in [0.3, 0.4) is 0 Å². The number of rotatable bonds is 11. The molecule has 3 aliphatic rings. The number of aliphatic hydroxyl groups is 1. The quantitative estimate of drug-likeness (QED) is 0.367. The van der Waals surface area contributed by atoms with Crippen LogP contribution in [0.25, 0.3) is 0 Å². The zero-order valence-electron chi connectivity index (χ0n) is 23.4. The van der Waals surface area contributed by atoms with E-state index in [9.17, 15) is 19.5 Å². The maximum atomic E-state index is 14.0. The molecule has 9 heteroatoms. The molecule has 0 aliphatic carbocycles. The smallest absolute Gasteiger partial charge is 0.250 e. The van der Waals surface area contributed by atoms with Crippen molar-refractivity contribution >= 4 is 29.1 Å². The minimum absolute atomic E-state index is 0.0789. The van der Waals surface area contributed by atoms with Gasteiger partial charge >= 0.3 is 0 Å². The third-order valence-corrected chi connectivity index (χ3v) is 8.57. The molecule has 3 amide bonds. The normalized spacial score (nSPS) is 26.6. The summed E-state index contributed by atoms with van der Waals surface area (Å²) in [5, 5.41) is 15.3. The van der Waals surface area contributed by atoms with Crippen LogP contribution in [0.15, 0.2) is 42.5 Å². The van der Waals surface area contributed by atoms with E-state index >= 15 is 0 Å². The van der Waals surface area contributed by atoms with Crippen molar-refractivity contribution in [1.29, 1.82) is 0 Å². The van der Waals surface area contributed by atoms with Gasteiger partial charge in [-0.05, 0) is 88.3 Å². The first-order valence-electron chi connectivity index (χ1n) is 14.3.